The minimum atomic E-state index is -0.569. The molecule has 1 aliphatic heterocycles. The van der Waals surface area contributed by atoms with Crippen molar-refractivity contribution >= 4 is 17.7 Å². The van der Waals surface area contributed by atoms with Crippen LogP contribution in [0.15, 0.2) is 24.3 Å². The lowest BCUT2D eigenvalue weighted by Crippen LogP contribution is -2.55. The van der Waals surface area contributed by atoms with Crippen molar-refractivity contribution in [2.45, 2.75) is 53.5 Å². The standard InChI is InChI=1S/C23H35N3O3/c1-6-25(7-2)23(29)20(24-21(27)19-10-8-17(5)9-11-19)18-12-14-26(15-13-18)22(28)16(3)4/h8-11,16,18,20H,6-7,12-15H2,1-5H3,(H,24,27). The Balaban J connectivity index is 2.15. The summed E-state index contributed by atoms with van der Waals surface area (Å²) in [5, 5.41) is 3.00. The summed E-state index contributed by atoms with van der Waals surface area (Å²) >= 11 is 0. The molecule has 1 fully saturated rings. The quantitative estimate of drug-likeness (QED) is 0.764. The highest BCUT2D eigenvalue weighted by Crippen LogP contribution is 2.24. The van der Waals surface area contributed by atoms with E-state index in [-0.39, 0.29) is 29.6 Å². The Morgan fingerprint density at radius 3 is 2.10 bits per heavy atom. The van der Waals surface area contributed by atoms with Gasteiger partial charge in [-0.25, -0.2) is 0 Å². The molecule has 0 bridgehead atoms. The number of carbonyl (C=O) groups excluding carboxylic acids is 3. The number of benzene rings is 1. The maximum Gasteiger partial charge on any atom is 0.251 e. The normalized spacial score (nSPS) is 15.9. The number of hydrogen-bond donors (Lipinski definition) is 1. The van der Waals surface area contributed by atoms with Crippen LogP contribution in [-0.4, -0.2) is 59.7 Å². The Morgan fingerprint density at radius 1 is 1.07 bits per heavy atom. The number of carbonyl (C=O) groups is 3. The first-order chi connectivity index (χ1) is 13.8. The second-order valence-electron chi connectivity index (χ2n) is 8.15. The summed E-state index contributed by atoms with van der Waals surface area (Å²) in [5.41, 5.74) is 1.64. The van der Waals surface area contributed by atoms with E-state index < -0.39 is 6.04 Å². The fourth-order valence-corrected chi connectivity index (χ4v) is 3.86. The van der Waals surface area contributed by atoms with Crippen molar-refractivity contribution < 1.29 is 14.4 Å². The summed E-state index contributed by atoms with van der Waals surface area (Å²) in [7, 11) is 0. The molecule has 1 atom stereocenters. The zero-order valence-electron chi connectivity index (χ0n) is 18.4. The van der Waals surface area contributed by atoms with Crippen LogP contribution in [0.1, 0.15) is 56.5 Å². The average Bonchev–Trinajstić information content (AvgIpc) is 2.72. The third kappa shape index (κ3) is 5.81. The van der Waals surface area contributed by atoms with Crippen molar-refractivity contribution in [3.63, 3.8) is 0 Å². The monoisotopic (exact) mass is 401 g/mol. The van der Waals surface area contributed by atoms with Crippen LogP contribution in [0.25, 0.3) is 0 Å². The predicted molar refractivity (Wildman–Crippen MR) is 115 cm³/mol. The van der Waals surface area contributed by atoms with E-state index in [0.29, 0.717) is 44.6 Å². The van der Waals surface area contributed by atoms with E-state index in [0.717, 1.165) is 5.56 Å². The highest BCUT2D eigenvalue weighted by atomic mass is 16.2. The van der Waals surface area contributed by atoms with Crippen molar-refractivity contribution in [2.75, 3.05) is 26.2 Å². The third-order valence-corrected chi connectivity index (χ3v) is 5.76. The molecule has 1 unspecified atom stereocenters. The van der Waals surface area contributed by atoms with Crippen LogP contribution in [0.4, 0.5) is 0 Å². The average molecular weight is 402 g/mol. The van der Waals surface area contributed by atoms with Gasteiger partial charge in [0.15, 0.2) is 0 Å². The summed E-state index contributed by atoms with van der Waals surface area (Å²) in [6.45, 7) is 12.2. The second-order valence-corrected chi connectivity index (χ2v) is 8.15. The van der Waals surface area contributed by atoms with Crippen LogP contribution in [0.2, 0.25) is 0 Å². The van der Waals surface area contributed by atoms with Crippen LogP contribution in [-0.2, 0) is 9.59 Å². The zero-order valence-corrected chi connectivity index (χ0v) is 18.4. The molecule has 1 aromatic rings. The second kappa shape index (κ2) is 10.4. The molecule has 0 spiro atoms. The number of nitrogens with zero attached hydrogens (tertiary/aromatic N) is 2. The van der Waals surface area contributed by atoms with E-state index in [1.165, 1.54) is 0 Å². The fraction of sp³-hybridized carbons (Fsp3) is 0.609. The molecule has 0 aromatic heterocycles. The van der Waals surface area contributed by atoms with Gasteiger partial charge in [0.1, 0.15) is 6.04 Å². The molecule has 0 radical (unpaired) electrons. The molecule has 1 aromatic carbocycles. The van der Waals surface area contributed by atoms with Gasteiger partial charge in [0.25, 0.3) is 5.91 Å². The Morgan fingerprint density at radius 2 is 1.62 bits per heavy atom. The summed E-state index contributed by atoms with van der Waals surface area (Å²) in [6.07, 6.45) is 1.43. The number of likely N-dealkylation sites (N-methyl/N-ethyl adjacent to an activating group) is 1. The topological polar surface area (TPSA) is 69.7 Å². The van der Waals surface area contributed by atoms with Crippen LogP contribution in [0.5, 0.6) is 0 Å². The van der Waals surface area contributed by atoms with Crippen LogP contribution in [0.3, 0.4) is 0 Å². The van der Waals surface area contributed by atoms with Crippen LogP contribution >= 0.6 is 0 Å². The molecular weight excluding hydrogens is 366 g/mol. The minimum absolute atomic E-state index is 0.0220. The SMILES string of the molecule is CCN(CC)C(=O)C(NC(=O)c1ccc(C)cc1)C1CCN(C(=O)C(C)C)CC1. The highest BCUT2D eigenvalue weighted by Gasteiger charge is 2.35. The van der Waals surface area contributed by atoms with Gasteiger partial charge < -0.3 is 15.1 Å². The number of rotatable bonds is 7. The van der Waals surface area contributed by atoms with E-state index in [4.69, 9.17) is 0 Å². The molecule has 1 aliphatic rings. The first-order valence-corrected chi connectivity index (χ1v) is 10.7. The number of nitrogens with one attached hydrogen (secondary N) is 1. The van der Waals surface area contributed by atoms with Gasteiger partial charge in [-0.3, -0.25) is 14.4 Å². The molecule has 29 heavy (non-hydrogen) atoms. The highest BCUT2D eigenvalue weighted by molar-refractivity contribution is 5.97. The van der Waals surface area contributed by atoms with E-state index >= 15 is 0 Å². The number of aryl methyl sites for hydroxylation is 1. The van der Waals surface area contributed by atoms with E-state index in [2.05, 4.69) is 5.32 Å². The molecule has 0 saturated carbocycles. The fourth-order valence-electron chi connectivity index (χ4n) is 3.86. The summed E-state index contributed by atoms with van der Waals surface area (Å²) < 4.78 is 0. The van der Waals surface area contributed by atoms with Gasteiger partial charge in [0.2, 0.25) is 11.8 Å². The van der Waals surface area contributed by atoms with Gasteiger partial charge in [-0.2, -0.15) is 0 Å². The molecule has 3 amide bonds. The Kier molecular flexibility index (Phi) is 8.23. The Hall–Kier alpha value is -2.37. The van der Waals surface area contributed by atoms with Gasteiger partial charge in [0.05, 0.1) is 0 Å². The van der Waals surface area contributed by atoms with Crippen molar-refractivity contribution in [3.05, 3.63) is 35.4 Å². The van der Waals surface area contributed by atoms with Crippen molar-refractivity contribution in [3.8, 4) is 0 Å². The number of likely N-dealkylation sites (tertiary alicyclic amines) is 1. The number of amides is 3. The maximum atomic E-state index is 13.2. The van der Waals surface area contributed by atoms with Crippen molar-refractivity contribution in [1.82, 2.24) is 15.1 Å². The Bertz CT molecular complexity index is 703. The molecule has 0 aliphatic carbocycles. The summed E-state index contributed by atoms with van der Waals surface area (Å²) in [6, 6.07) is 6.79. The molecule has 1 heterocycles. The number of piperidine rings is 1. The minimum Gasteiger partial charge on any atom is -0.342 e. The lowest BCUT2D eigenvalue weighted by molar-refractivity contribution is -0.137. The smallest absolute Gasteiger partial charge is 0.251 e. The van der Waals surface area contributed by atoms with Gasteiger partial charge in [-0.15, -0.1) is 0 Å². The molecule has 6 nitrogen and oxygen atoms in total. The molecule has 1 N–H and O–H groups in total. The first-order valence-electron chi connectivity index (χ1n) is 10.7. The number of hydrogen-bond acceptors (Lipinski definition) is 3. The molecule has 6 heteroatoms. The van der Waals surface area contributed by atoms with Crippen LogP contribution in [0, 0.1) is 18.8 Å². The zero-order chi connectivity index (χ0) is 21.6. The van der Waals surface area contributed by atoms with E-state index in [1.54, 1.807) is 17.0 Å². The largest absolute Gasteiger partial charge is 0.342 e. The lowest BCUT2D eigenvalue weighted by Gasteiger charge is -2.38. The summed E-state index contributed by atoms with van der Waals surface area (Å²) in [5.74, 6) is -0.117. The van der Waals surface area contributed by atoms with Crippen LogP contribution < -0.4 is 5.32 Å². The maximum absolute atomic E-state index is 13.2. The lowest BCUT2D eigenvalue weighted by atomic mass is 9.87. The van der Waals surface area contributed by atoms with Gasteiger partial charge >= 0.3 is 0 Å². The molecule has 160 valence electrons. The van der Waals surface area contributed by atoms with Gasteiger partial charge in [0, 0.05) is 37.7 Å². The van der Waals surface area contributed by atoms with Gasteiger partial charge in [-0.1, -0.05) is 31.5 Å². The van der Waals surface area contributed by atoms with E-state index in [9.17, 15) is 14.4 Å². The molecule has 1 saturated heterocycles. The molecule has 2 rings (SSSR count). The van der Waals surface area contributed by atoms with E-state index in [1.807, 2.05) is 51.7 Å². The summed E-state index contributed by atoms with van der Waals surface area (Å²) in [4.78, 5) is 41.9. The van der Waals surface area contributed by atoms with Gasteiger partial charge in [-0.05, 0) is 51.7 Å². The van der Waals surface area contributed by atoms with Crippen molar-refractivity contribution in [1.29, 1.82) is 0 Å². The first kappa shape index (κ1) is 22.9. The third-order valence-electron chi connectivity index (χ3n) is 5.76. The molecular formula is C23H35N3O3. The Labute approximate surface area is 174 Å². The predicted octanol–water partition coefficient (Wildman–Crippen LogP) is 2.86. The van der Waals surface area contributed by atoms with Crippen molar-refractivity contribution in [2.24, 2.45) is 11.8 Å².